The molecule has 2 aromatic heterocycles. The summed E-state index contributed by atoms with van der Waals surface area (Å²) in [6.07, 6.45) is 5.47. The number of aryl methyl sites for hydroxylation is 1. The number of likely N-dealkylation sites (tertiary alicyclic amines) is 1. The van der Waals surface area contributed by atoms with Crippen LogP contribution < -0.4 is 5.32 Å². The Bertz CT molecular complexity index is 2500. The predicted molar refractivity (Wildman–Crippen MR) is 225 cm³/mol. The van der Waals surface area contributed by atoms with Crippen LogP contribution >= 0.6 is 0 Å². The van der Waals surface area contributed by atoms with Crippen LogP contribution in [-0.4, -0.2) is 55.7 Å². The van der Waals surface area contributed by atoms with Crippen LogP contribution in [0, 0.1) is 0 Å². The summed E-state index contributed by atoms with van der Waals surface area (Å²) in [5, 5.41) is 5.17. The lowest BCUT2D eigenvalue weighted by Gasteiger charge is -2.22. The lowest BCUT2D eigenvalue weighted by atomic mass is 9.97. The van der Waals surface area contributed by atoms with Crippen LogP contribution in [0.5, 0.6) is 0 Å². The van der Waals surface area contributed by atoms with Crippen molar-refractivity contribution in [3.05, 3.63) is 133 Å². The number of rotatable bonds is 11. The number of benzene rings is 5. The normalized spacial score (nSPS) is 14.3. The molecule has 57 heavy (non-hydrogen) atoms. The molecule has 0 saturated carbocycles. The molecule has 0 radical (unpaired) electrons. The first-order valence-corrected chi connectivity index (χ1v) is 19.8. The van der Waals surface area contributed by atoms with Gasteiger partial charge in [0, 0.05) is 19.5 Å². The van der Waals surface area contributed by atoms with Crippen molar-refractivity contribution in [1.82, 2.24) is 30.2 Å². The molecule has 8 rings (SSSR count). The summed E-state index contributed by atoms with van der Waals surface area (Å²) in [6, 6.07) is 37.7. The van der Waals surface area contributed by atoms with Gasteiger partial charge in [-0.2, -0.15) is 0 Å². The number of carbonyl (C=O) groups is 2. The minimum atomic E-state index is -0.498. The third-order valence-corrected chi connectivity index (χ3v) is 10.3. The zero-order valence-electron chi connectivity index (χ0n) is 32.7. The molecule has 10 nitrogen and oxygen atoms in total. The number of carbonyl (C=O) groups excluding carboxylic acids is 2. The molecule has 1 aliphatic heterocycles. The van der Waals surface area contributed by atoms with E-state index < -0.39 is 5.60 Å². The summed E-state index contributed by atoms with van der Waals surface area (Å²) in [7, 11) is 0. The highest BCUT2D eigenvalue weighted by atomic mass is 16.6. The molecule has 2 amide bonds. The smallest absolute Gasteiger partial charge is 0.410 e. The number of hydrogen-bond donors (Lipinski definition) is 3. The number of imidazole rings is 2. The van der Waals surface area contributed by atoms with Gasteiger partial charge in [0.05, 0.1) is 29.0 Å². The van der Waals surface area contributed by atoms with Crippen LogP contribution in [0.2, 0.25) is 0 Å². The Morgan fingerprint density at radius 2 is 1.49 bits per heavy atom. The average molecular weight is 761 g/mol. The number of H-pyrrole nitrogens is 2. The molecular formula is C47H48N6O4. The van der Waals surface area contributed by atoms with E-state index in [1.165, 1.54) is 10.8 Å². The summed E-state index contributed by atoms with van der Waals surface area (Å²) < 4.78 is 10.9. The zero-order valence-corrected chi connectivity index (χ0v) is 32.7. The van der Waals surface area contributed by atoms with E-state index in [1.807, 2.05) is 57.3 Å². The standard InChI is InChI=1S/C47H48N6O4/c1-47(2,3)57-45(54)48-24-8-7-13-43-50-39-23-22-38(28-40(39)51-43)37-21-20-35-26-34(18-19-36(35)27-37)32-14-16-33(17-15-32)41-29-49-44(52-41)42-12-9-25-53(42)46(55)56-30-31-10-5-4-6-11-31/h4-6,10-11,14-23,26-29,42H,7-9,12-13,24-25,30H2,1-3H3,(H,48,54)(H,49,52)(H,50,51)/t42-/m0/s1. The fourth-order valence-electron chi connectivity index (χ4n) is 7.45. The first-order chi connectivity index (χ1) is 27.6. The van der Waals surface area contributed by atoms with Crippen LogP contribution in [0.4, 0.5) is 9.59 Å². The Kier molecular flexibility index (Phi) is 10.8. The molecule has 3 heterocycles. The van der Waals surface area contributed by atoms with E-state index in [0.29, 0.717) is 13.1 Å². The third-order valence-electron chi connectivity index (χ3n) is 10.3. The van der Waals surface area contributed by atoms with E-state index >= 15 is 0 Å². The molecule has 1 atom stereocenters. The summed E-state index contributed by atoms with van der Waals surface area (Å²) in [5.41, 5.74) is 8.94. The van der Waals surface area contributed by atoms with Crippen molar-refractivity contribution < 1.29 is 19.1 Å². The molecule has 0 spiro atoms. The van der Waals surface area contributed by atoms with Crippen LogP contribution in [0.25, 0.3) is 55.3 Å². The minimum Gasteiger partial charge on any atom is -0.445 e. The Hall–Kier alpha value is -6.42. The van der Waals surface area contributed by atoms with Crippen molar-refractivity contribution in [1.29, 1.82) is 0 Å². The topological polar surface area (TPSA) is 125 Å². The van der Waals surface area contributed by atoms with Crippen LogP contribution in [0.1, 0.15) is 69.7 Å². The number of fused-ring (bicyclic) bond motifs is 2. The molecule has 0 aliphatic carbocycles. The number of nitrogens with zero attached hydrogens (tertiary/aromatic N) is 3. The maximum Gasteiger partial charge on any atom is 0.410 e. The highest BCUT2D eigenvalue weighted by molar-refractivity contribution is 5.92. The molecule has 1 fully saturated rings. The molecule has 1 aliphatic rings. The molecule has 1 saturated heterocycles. The fourth-order valence-corrected chi connectivity index (χ4v) is 7.45. The number of amides is 2. The van der Waals surface area contributed by atoms with Crippen LogP contribution in [-0.2, 0) is 22.5 Å². The van der Waals surface area contributed by atoms with Gasteiger partial charge in [-0.1, -0.05) is 84.9 Å². The van der Waals surface area contributed by atoms with Gasteiger partial charge in [-0.05, 0) is 115 Å². The summed E-state index contributed by atoms with van der Waals surface area (Å²) in [5.74, 6) is 1.73. The van der Waals surface area contributed by atoms with Crippen molar-refractivity contribution in [2.75, 3.05) is 13.1 Å². The molecular weight excluding hydrogens is 713 g/mol. The van der Waals surface area contributed by atoms with E-state index in [-0.39, 0.29) is 24.8 Å². The quantitative estimate of drug-likeness (QED) is 0.113. The molecule has 0 unspecified atom stereocenters. The van der Waals surface area contributed by atoms with E-state index in [9.17, 15) is 9.59 Å². The number of nitrogens with one attached hydrogen (secondary N) is 3. The number of hydrogen-bond acceptors (Lipinski definition) is 6. The van der Waals surface area contributed by atoms with Crippen LogP contribution in [0.15, 0.2) is 115 Å². The Morgan fingerprint density at radius 3 is 2.25 bits per heavy atom. The van der Waals surface area contributed by atoms with E-state index in [2.05, 4.69) is 99.1 Å². The second-order valence-electron chi connectivity index (χ2n) is 15.7. The van der Waals surface area contributed by atoms with Gasteiger partial charge in [-0.15, -0.1) is 0 Å². The average Bonchev–Trinajstić information content (AvgIpc) is 3.99. The van der Waals surface area contributed by atoms with Gasteiger partial charge in [0.15, 0.2) is 0 Å². The summed E-state index contributed by atoms with van der Waals surface area (Å²) in [6.45, 7) is 7.05. The number of aromatic amines is 2. The van der Waals surface area contributed by atoms with Gasteiger partial charge in [0.1, 0.15) is 23.9 Å². The fraction of sp³-hybridized carbons (Fsp3) is 0.277. The van der Waals surface area contributed by atoms with Crippen molar-refractivity contribution in [3.8, 4) is 33.5 Å². The zero-order chi connectivity index (χ0) is 39.4. The second kappa shape index (κ2) is 16.4. The Balaban J connectivity index is 0.882. The monoisotopic (exact) mass is 760 g/mol. The molecule has 290 valence electrons. The number of ether oxygens (including phenoxy) is 2. The van der Waals surface area contributed by atoms with Gasteiger partial charge in [-0.25, -0.2) is 19.6 Å². The van der Waals surface area contributed by atoms with Crippen molar-refractivity contribution in [2.24, 2.45) is 0 Å². The van der Waals surface area contributed by atoms with Crippen molar-refractivity contribution in [3.63, 3.8) is 0 Å². The van der Waals surface area contributed by atoms with Gasteiger partial charge in [-0.3, -0.25) is 4.90 Å². The highest BCUT2D eigenvalue weighted by Crippen LogP contribution is 2.34. The molecule has 10 heteroatoms. The number of aromatic nitrogens is 4. The lowest BCUT2D eigenvalue weighted by Crippen LogP contribution is -2.33. The van der Waals surface area contributed by atoms with E-state index in [1.54, 1.807) is 4.90 Å². The van der Waals surface area contributed by atoms with E-state index in [0.717, 1.165) is 93.9 Å². The SMILES string of the molecule is CC(C)(C)OC(=O)NCCCCc1nc2ccc(-c3ccc4cc(-c5ccc(-c6cnc([C@@H]7CCCN7C(=O)OCc7ccccc7)[nH]6)cc5)ccc4c3)cc2[nH]1. The maximum atomic E-state index is 13.0. The van der Waals surface area contributed by atoms with Crippen molar-refractivity contribution in [2.45, 2.75) is 71.1 Å². The summed E-state index contributed by atoms with van der Waals surface area (Å²) in [4.78, 5) is 43.1. The molecule has 3 N–H and O–H groups in total. The molecule has 7 aromatic rings. The lowest BCUT2D eigenvalue weighted by molar-refractivity contribution is 0.0527. The maximum absolute atomic E-state index is 13.0. The minimum absolute atomic E-state index is 0.135. The van der Waals surface area contributed by atoms with Gasteiger partial charge in [0.2, 0.25) is 0 Å². The first-order valence-electron chi connectivity index (χ1n) is 19.8. The van der Waals surface area contributed by atoms with Crippen molar-refractivity contribution >= 4 is 34.0 Å². The number of alkyl carbamates (subject to hydrolysis) is 1. The van der Waals surface area contributed by atoms with Crippen LogP contribution in [0.3, 0.4) is 0 Å². The predicted octanol–water partition coefficient (Wildman–Crippen LogP) is 10.8. The Labute approximate surface area is 332 Å². The van der Waals surface area contributed by atoms with Gasteiger partial charge in [0.25, 0.3) is 0 Å². The van der Waals surface area contributed by atoms with Gasteiger partial charge >= 0.3 is 12.2 Å². The third kappa shape index (κ3) is 9.02. The van der Waals surface area contributed by atoms with E-state index in [4.69, 9.17) is 14.5 Å². The Morgan fingerprint density at radius 1 is 0.807 bits per heavy atom. The molecule has 5 aromatic carbocycles. The highest BCUT2D eigenvalue weighted by Gasteiger charge is 2.33. The summed E-state index contributed by atoms with van der Waals surface area (Å²) >= 11 is 0. The largest absolute Gasteiger partial charge is 0.445 e. The molecule has 0 bridgehead atoms. The second-order valence-corrected chi connectivity index (χ2v) is 15.7. The number of unbranched alkanes of at least 4 members (excludes halogenated alkanes) is 1. The first kappa shape index (κ1) is 37.5. The van der Waals surface area contributed by atoms with Gasteiger partial charge < -0.3 is 24.8 Å².